The molecule has 5 nitrogen and oxygen atoms in total. The van der Waals surface area contributed by atoms with Gasteiger partial charge in [-0.3, -0.25) is 0 Å². The monoisotopic (exact) mass is 631 g/mol. The van der Waals surface area contributed by atoms with E-state index >= 15 is 8.78 Å². The summed E-state index contributed by atoms with van der Waals surface area (Å²) in [6.45, 7) is 0. The van der Waals surface area contributed by atoms with Gasteiger partial charge in [-0.25, -0.2) is 23.4 Å². The third-order valence-electron chi connectivity index (χ3n) is 9.91. The van der Waals surface area contributed by atoms with Gasteiger partial charge in [-0.2, -0.15) is 5.10 Å². The number of nitrogens with one attached hydrogen (secondary N) is 1. The van der Waals surface area contributed by atoms with Crippen molar-refractivity contribution in [3.05, 3.63) is 143 Å². The van der Waals surface area contributed by atoms with Crippen LogP contribution in [0.3, 0.4) is 0 Å². The van der Waals surface area contributed by atoms with Crippen molar-refractivity contribution in [1.29, 1.82) is 0 Å². The van der Waals surface area contributed by atoms with Crippen molar-refractivity contribution in [2.75, 3.05) is 5.32 Å². The van der Waals surface area contributed by atoms with E-state index in [0.717, 1.165) is 42.0 Å². The first-order valence-corrected chi connectivity index (χ1v) is 16.2. The highest BCUT2D eigenvalue weighted by Gasteiger charge is 2.42. The van der Waals surface area contributed by atoms with Gasteiger partial charge < -0.3 is 5.32 Å². The van der Waals surface area contributed by atoms with E-state index in [4.69, 9.17) is 21.7 Å². The first-order chi connectivity index (χ1) is 22.5. The maximum absolute atomic E-state index is 15.9. The Kier molecular flexibility index (Phi) is 7.29. The Bertz CT molecular complexity index is 1910. The quantitative estimate of drug-likeness (QED) is 0.178. The molecule has 3 aromatic carbocycles. The van der Waals surface area contributed by atoms with Crippen LogP contribution < -0.4 is 5.32 Å². The second-order valence-electron chi connectivity index (χ2n) is 12.5. The summed E-state index contributed by atoms with van der Waals surface area (Å²) in [5.74, 6) is -0.363. The number of pyridine rings is 2. The Morgan fingerprint density at radius 1 is 0.739 bits per heavy atom. The third kappa shape index (κ3) is 4.76. The fraction of sp³-hybridized carbons (Fsp3) is 0.237. The molecule has 230 valence electrons. The fourth-order valence-corrected chi connectivity index (χ4v) is 7.91. The lowest BCUT2D eigenvalue weighted by Crippen LogP contribution is -2.40. The summed E-state index contributed by atoms with van der Waals surface area (Å²) in [6, 6.07) is 32.9. The summed E-state index contributed by atoms with van der Waals surface area (Å²) in [5, 5.41) is 9.41. The molecule has 0 spiro atoms. The van der Waals surface area contributed by atoms with Crippen LogP contribution in [0, 0.1) is 23.5 Å². The van der Waals surface area contributed by atoms with Gasteiger partial charge in [0.25, 0.3) is 0 Å². The molecule has 3 aliphatic carbocycles. The van der Waals surface area contributed by atoms with E-state index in [-0.39, 0.29) is 23.2 Å². The minimum Gasteiger partial charge on any atom is -0.365 e. The van der Waals surface area contributed by atoms with Crippen molar-refractivity contribution in [2.24, 2.45) is 11.8 Å². The topological polar surface area (TPSA) is 55.6 Å². The van der Waals surface area contributed by atoms with E-state index < -0.39 is 17.2 Å². The molecule has 0 saturated heterocycles. The molecule has 3 aliphatic rings. The van der Waals surface area contributed by atoms with E-state index in [1.807, 2.05) is 59.3 Å². The summed E-state index contributed by atoms with van der Waals surface area (Å²) >= 11 is 6.53. The standard InChI is InChI=1S/C38H32ClF2N5/c39-29-21-30-34(35-31(40)22-32(41)36(44-35)43-33-20-24-16-18-25(33)19-17-24)45-46(37(30)42-23-29)38(26-10-4-1-5-11-26,27-12-6-2-7-13-27)28-14-8-3-9-15-28/h1-15,21-25,33H,16-20H2,(H,43,44). The number of anilines is 1. The second kappa shape index (κ2) is 11.6. The Balaban J connectivity index is 1.38. The molecule has 3 fully saturated rings. The molecule has 1 unspecified atom stereocenters. The van der Waals surface area contributed by atoms with Gasteiger partial charge in [0, 0.05) is 18.3 Å². The van der Waals surface area contributed by atoms with Crippen molar-refractivity contribution in [3.63, 3.8) is 0 Å². The third-order valence-corrected chi connectivity index (χ3v) is 10.1. The molecule has 0 aliphatic heterocycles. The Hall–Kier alpha value is -4.62. The molecular formula is C38H32ClF2N5. The fourth-order valence-electron chi connectivity index (χ4n) is 7.75. The number of fused-ring (bicyclic) bond motifs is 4. The van der Waals surface area contributed by atoms with Gasteiger partial charge in [-0.05, 0) is 53.9 Å². The molecule has 1 N–H and O–H groups in total. The number of hydrogen-bond donors (Lipinski definition) is 1. The van der Waals surface area contributed by atoms with Crippen molar-refractivity contribution >= 4 is 28.5 Å². The van der Waals surface area contributed by atoms with Crippen LogP contribution in [-0.4, -0.2) is 25.8 Å². The van der Waals surface area contributed by atoms with Crippen LogP contribution >= 0.6 is 11.6 Å². The minimum atomic E-state index is -1.01. The van der Waals surface area contributed by atoms with Crippen LogP contribution in [-0.2, 0) is 5.54 Å². The van der Waals surface area contributed by atoms with Crippen LogP contribution in [0.2, 0.25) is 5.02 Å². The largest absolute Gasteiger partial charge is 0.365 e. The van der Waals surface area contributed by atoms with E-state index in [9.17, 15) is 0 Å². The normalized spacial score (nSPS) is 19.4. The number of nitrogens with zero attached hydrogens (tertiary/aromatic N) is 4. The van der Waals surface area contributed by atoms with Crippen LogP contribution in [0.1, 0.15) is 48.8 Å². The maximum atomic E-state index is 15.9. The molecule has 3 heterocycles. The van der Waals surface area contributed by atoms with Crippen LogP contribution in [0.5, 0.6) is 0 Å². The zero-order valence-electron chi connectivity index (χ0n) is 25.1. The molecule has 0 amide bonds. The van der Waals surface area contributed by atoms with Crippen molar-refractivity contribution in [3.8, 4) is 11.4 Å². The Morgan fingerprint density at radius 2 is 1.33 bits per heavy atom. The molecule has 6 aromatic rings. The van der Waals surface area contributed by atoms with Crippen LogP contribution in [0.4, 0.5) is 14.6 Å². The highest BCUT2D eigenvalue weighted by Crippen LogP contribution is 2.45. The average Bonchev–Trinajstić information content (AvgIpc) is 3.47. The predicted octanol–water partition coefficient (Wildman–Crippen LogP) is 9.26. The molecule has 3 saturated carbocycles. The molecule has 9 rings (SSSR count). The van der Waals surface area contributed by atoms with Gasteiger partial charge in [0.15, 0.2) is 23.1 Å². The zero-order chi connectivity index (χ0) is 31.3. The van der Waals surface area contributed by atoms with Gasteiger partial charge in [-0.15, -0.1) is 0 Å². The highest BCUT2D eigenvalue weighted by atomic mass is 35.5. The van der Waals surface area contributed by atoms with E-state index in [0.29, 0.717) is 27.9 Å². The lowest BCUT2D eigenvalue weighted by atomic mass is 9.68. The molecule has 8 heteroatoms. The lowest BCUT2D eigenvalue weighted by Gasteiger charge is -2.42. The summed E-state index contributed by atoms with van der Waals surface area (Å²) in [7, 11) is 0. The highest BCUT2D eigenvalue weighted by molar-refractivity contribution is 6.31. The smallest absolute Gasteiger partial charge is 0.168 e. The van der Waals surface area contributed by atoms with Crippen LogP contribution in [0.15, 0.2) is 109 Å². The number of aromatic nitrogens is 4. The number of halogens is 3. The van der Waals surface area contributed by atoms with Crippen LogP contribution in [0.25, 0.3) is 22.4 Å². The lowest BCUT2D eigenvalue weighted by molar-refractivity contribution is 0.157. The zero-order valence-corrected chi connectivity index (χ0v) is 25.8. The summed E-state index contributed by atoms with van der Waals surface area (Å²) in [5.41, 5.74) is 2.45. The summed E-state index contributed by atoms with van der Waals surface area (Å²) < 4.78 is 33.1. The van der Waals surface area contributed by atoms with E-state index in [1.165, 1.54) is 12.8 Å². The number of benzene rings is 3. The first-order valence-electron chi connectivity index (χ1n) is 15.9. The minimum absolute atomic E-state index is 0.0482. The van der Waals surface area contributed by atoms with Crippen molar-refractivity contribution in [1.82, 2.24) is 19.7 Å². The Morgan fingerprint density at radius 3 is 1.87 bits per heavy atom. The molecule has 2 bridgehead atoms. The molecule has 46 heavy (non-hydrogen) atoms. The average molecular weight is 632 g/mol. The molecule has 1 atom stereocenters. The van der Waals surface area contributed by atoms with Gasteiger partial charge in [0.05, 0.1) is 10.4 Å². The van der Waals surface area contributed by atoms with Gasteiger partial charge >= 0.3 is 0 Å². The van der Waals surface area contributed by atoms with Gasteiger partial charge in [0.2, 0.25) is 0 Å². The molecular weight excluding hydrogens is 600 g/mol. The van der Waals surface area contributed by atoms with Crippen molar-refractivity contribution < 1.29 is 8.78 Å². The first kappa shape index (κ1) is 28.8. The second-order valence-corrected chi connectivity index (χ2v) is 12.9. The molecule has 0 radical (unpaired) electrons. The van der Waals surface area contributed by atoms with Gasteiger partial charge in [-0.1, -0.05) is 115 Å². The van der Waals surface area contributed by atoms with E-state index in [2.05, 4.69) is 46.7 Å². The predicted molar refractivity (Wildman–Crippen MR) is 178 cm³/mol. The Labute approximate surface area is 271 Å². The maximum Gasteiger partial charge on any atom is 0.168 e. The SMILES string of the molecule is Fc1cc(F)c(-c2nn(C(c3ccccc3)(c3ccccc3)c3ccccc3)c3ncc(Cl)cc23)nc1NC1CC2CCC1CC2. The van der Waals surface area contributed by atoms with Gasteiger partial charge in [0.1, 0.15) is 16.9 Å². The number of hydrogen-bond acceptors (Lipinski definition) is 4. The summed E-state index contributed by atoms with van der Waals surface area (Å²) in [4.78, 5) is 9.39. The van der Waals surface area contributed by atoms with Crippen molar-refractivity contribution in [2.45, 2.75) is 43.7 Å². The van der Waals surface area contributed by atoms with E-state index in [1.54, 1.807) is 12.3 Å². The molecule has 3 aromatic heterocycles. The summed E-state index contributed by atoms with van der Waals surface area (Å²) in [6.07, 6.45) is 7.23. The number of rotatable bonds is 7.